The maximum Gasteiger partial charge on any atom is 0.169 e. The van der Waals surface area contributed by atoms with Crippen molar-refractivity contribution in [1.82, 2.24) is 0 Å². The van der Waals surface area contributed by atoms with Crippen molar-refractivity contribution in [2.24, 2.45) is 0 Å². The fourth-order valence-corrected chi connectivity index (χ4v) is 0.886. The zero-order valence-electron chi connectivity index (χ0n) is 5.34. The van der Waals surface area contributed by atoms with E-state index in [0.717, 1.165) is 11.0 Å². The second-order valence-electron chi connectivity index (χ2n) is 1.85. The first-order valence-corrected chi connectivity index (χ1v) is 3.77. The predicted octanol–water partition coefficient (Wildman–Crippen LogP) is 1.76. The van der Waals surface area contributed by atoms with E-state index < -0.39 is 0 Å². The SMILES string of the molecule is CC[n+]1ccc(Br)cc1. The minimum absolute atomic E-state index is 1.04. The van der Waals surface area contributed by atoms with Crippen molar-refractivity contribution >= 4 is 15.9 Å². The molecule has 0 aliphatic rings. The summed E-state index contributed by atoms with van der Waals surface area (Å²) >= 11 is 3.36. The van der Waals surface area contributed by atoms with Crippen LogP contribution in [0.4, 0.5) is 0 Å². The molecule has 2 heteroatoms. The second-order valence-corrected chi connectivity index (χ2v) is 2.76. The van der Waals surface area contributed by atoms with Crippen molar-refractivity contribution in [1.29, 1.82) is 0 Å². The molecule has 0 N–H and O–H groups in total. The summed E-state index contributed by atoms with van der Waals surface area (Å²) in [4.78, 5) is 0. The Balaban J connectivity index is 2.88. The molecule has 0 saturated heterocycles. The molecule has 9 heavy (non-hydrogen) atoms. The molecule has 1 rings (SSSR count). The van der Waals surface area contributed by atoms with Crippen LogP contribution in [-0.4, -0.2) is 0 Å². The minimum atomic E-state index is 1.04. The molecule has 0 aliphatic carbocycles. The van der Waals surface area contributed by atoms with Gasteiger partial charge in [-0.3, -0.25) is 0 Å². The first kappa shape index (κ1) is 6.75. The molecule has 0 unspecified atom stereocenters. The smallest absolute Gasteiger partial charge is 0.169 e. The van der Waals surface area contributed by atoms with Crippen LogP contribution in [0, 0.1) is 0 Å². The van der Waals surface area contributed by atoms with E-state index in [2.05, 4.69) is 27.4 Å². The molecule has 0 amide bonds. The molecule has 0 aromatic carbocycles. The molecule has 0 spiro atoms. The standard InChI is InChI=1S/C7H9BrN/c1-2-9-5-3-7(8)4-6-9/h3-6H,2H2,1H3/q+1. The number of hydrogen-bond acceptors (Lipinski definition) is 0. The molecule has 1 aromatic heterocycles. The average molecular weight is 187 g/mol. The number of hydrogen-bond donors (Lipinski definition) is 0. The van der Waals surface area contributed by atoms with Crippen LogP contribution in [0.3, 0.4) is 0 Å². The average Bonchev–Trinajstić information content (AvgIpc) is 1.90. The van der Waals surface area contributed by atoms with Gasteiger partial charge >= 0.3 is 0 Å². The highest BCUT2D eigenvalue weighted by Crippen LogP contribution is 2.03. The van der Waals surface area contributed by atoms with Crippen molar-refractivity contribution in [3.05, 3.63) is 29.0 Å². The molecule has 0 fully saturated rings. The molecular formula is C7H9BrN+. The third-order valence-electron chi connectivity index (χ3n) is 1.22. The van der Waals surface area contributed by atoms with Crippen LogP contribution < -0.4 is 4.57 Å². The number of rotatable bonds is 1. The summed E-state index contributed by atoms with van der Waals surface area (Å²) in [5.74, 6) is 0. The van der Waals surface area contributed by atoms with E-state index in [1.165, 1.54) is 0 Å². The fraction of sp³-hybridized carbons (Fsp3) is 0.286. The lowest BCUT2D eigenvalue weighted by molar-refractivity contribution is -0.693. The van der Waals surface area contributed by atoms with Gasteiger partial charge in [0.25, 0.3) is 0 Å². The summed E-state index contributed by atoms with van der Waals surface area (Å²) in [5.41, 5.74) is 0. The quantitative estimate of drug-likeness (QED) is 0.589. The molecule has 48 valence electrons. The summed E-state index contributed by atoms with van der Waals surface area (Å²) in [6.07, 6.45) is 4.09. The van der Waals surface area contributed by atoms with E-state index in [0.29, 0.717) is 0 Å². The van der Waals surface area contributed by atoms with Crippen LogP contribution in [0.15, 0.2) is 29.0 Å². The highest BCUT2D eigenvalue weighted by Gasteiger charge is 1.92. The van der Waals surface area contributed by atoms with Gasteiger partial charge < -0.3 is 0 Å². The summed E-state index contributed by atoms with van der Waals surface area (Å²) < 4.78 is 3.25. The van der Waals surface area contributed by atoms with Crippen molar-refractivity contribution in [2.45, 2.75) is 13.5 Å². The van der Waals surface area contributed by atoms with Crippen molar-refractivity contribution in [2.75, 3.05) is 0 Å². The molecule has 1 nitrogen and oxygen atoms in total. The maximum absolute atomic E-state index is 3.36. The number of aryl methyl sites for hydroxylation is 1. The van der Waals surface area contributed by atoms with E-state index in [-0.39, 0.29) is 0 Å². The topological polar surface area (TPSA) is 3.88 Å². The predicted molar refractivity (Wildman–Crippen MR) is 40.0 cm³/mol. The summed E-state index contributed by atoms with van der Waals surface area (Å²) in [6, 6.07) is 4.06. The van der Waals surface area contributed by atoms with Crippen LogP contribution in [-0.2, 0) is 6.54 Å². The molecule has 0 radical (unpaired) electrons. The van der Waals surface area contributed by atoms with Gasteiger partial charge in [-0.15, -0.1) is 0 Å². The zero-order valence-corrected chi connectivity index (χ0v) is 6.93. The number of aromatic nitrogens is 1. The molecule has 0 bridgehead atoms. The monoisotopic (exact) mass is 186 g/mol. The second kappa shape index (κ2) is 2.97. The molecule has 1 heterocycles. The summed E-state index contributed by atoms with van der Waals surface area (Å²) in [5, 5.41) is 0. The zero-order chi connectivity index (χ0) is 6.69. The largest absolute Gasteiger partial charge is 0.205 e. The maximum atomic E-state index is 3.36. The number of nitrogens with zero attached hydrogens (tertiary/aromatic N) is 1. The molecule has 0 aliphatic heterocycles. The Labute approximate surface area is 63.5 Å². The van der Waals surface area contributed by atoms with E-state index >= 15 is 0 Å². The van der Waals surface area contributed by atoms with Gasteiger partial charge in [-0.25, -0.2) is 4.57 Å². The van der Waals surface area contributed by atoms with Crippen LogP contribution >= 0.6 is 15.9 Å². The Morgan fingerprint density at radius 2 is 2.00 bits per heavy atom. The van der Waals surface area contributed by atoms with Crippen LogP contribution in [0.25, 0.3) is 0 Å². The first-order valence-electron chi connectivity index (χ1n) is 2.97. The Morgan fingerprint density at radius 1 is 1.44 bits per heavy atom. The lowest BCUT2D eigenvalue weighted by Gasteiger charge is -1.88. The van der Waals surface area contributed by atoms with Gasteiger partial charge in [-0.05, 0) is 6.92 Å². The number of halogens is 1. The van der Waals surface area contributed by atoms with Gasteiger partial charge in [0.15, 0.2) is 12.4 Å². The third kappa shape index (κ3) is 1.79. The molecule has 0 atom stereocenters. The third-order valence-corrected chi connectivity index (χ3v) is 1.74. The van der Waals surface area contributed by atoms with Gasteiger partial charge in [0.1, 0.15) is 6.54 Å². The van der Waals surface area contributed by atoms with Crippen LogP contribution in [0.5, 0.6) is 0 Å². The Bertz CT molecular complexity index is 181. The lowest BCUT2D eigenvalue weighted by atomic mass is 10.5. The van der Waals surface area contributed by atoms with Gasteiger partial charge in [-0.1, -0.05) is 15.9 Å². The molecular weight excluding hydrogens is 178 g/mol. The van der Waals surface area contributed by atoms with E-state index in [1.54, 1.807) is 0 Å². The summed E-state index contributed by atoms with van der Waals surface area (Å²) in [6.45, 7) is 3.15. The minimum Gasteiger partial charge on any atom is -0.205 e. The highest BCUT2D eigenvalue weighted by atomic mass is 79.9. The first-order chi connectivity index (χ1) is 4.33. The Morgan fingerprint density at radius 3 is 2.44 bits per heavy atom. The van der Waals surface area contributed by atoms with Crippen molar-refractivity contribution in [3.8, 4) is 0 Å². The van der Waals surface area contributed by atoms with Crippen LogP contribution in [0.2, 0.25) is 0 Å². The summed E-state index contributed by atoms with van der Waals surface area (Å²) in [7, 11) is 0. The van der Waals surface area contributed by atoms with Crippen molar-refractivity contribution in [3.63, 3.8) is 0 Å². The molecule has 0 saturated carbocycles. The normalized spacial score (nSPS) is 9.56. The van der Waals surface area contributed by atoms with E-state index in [9.17, 15) is 0 Å². The Hall–Kier alpha value is -0.370. The lowest BCUT2D eigenvalue weighted by Crippen LogP contribution is -2.30. The van der Waals surface area contributed by atoms with Crippen LogP contribution in [0.1, 0.15) is 6.92 Å². The number of pyridine rings is 1. The Kier molecular flexibility index (Phi) is 2.22. The highest BCUT2D eigenvalue weighted by molar-refractivity contribution is 9.10. The molecule has 1 aromatic rings. The van der Waals surface area contributed by atoms with Gasteiger partial charge in [0.05, 0.1) is 0 Å². The van der Waals surface area contributed by atoms with E-state index in [4.69, 9.17) is 0 Å². The van der Waals surface area contributed by atoms with Gasteiger partial charge in [0.2, 0.25) is 0 Å². The van der Waals surface area contributed by atoms with Crippen molar-refractivity contribution < 1.29 is 4.57 Å². The van der Waals surface area contributed by atoms with Gasteiger partial charge in [0, 0.05) is 16.6 Å². The van der Waals surface area contributed by atoms with E-state index in [1.807, 2.05) is 24.5 Å². The van der Waals surface area contributed by atoms with Gasteiger partial charge in [-0.2, -0.15) is 0 Å². The fourth-order valence-electron chi connectivity index (χ4n) is 0.650.